The molecule has 27 heavy (non-hydrogen) atoms. The molecule has 1 unspecified atom stereocenters. The number of benzene rings is 1. The monoisotopic (exact) mass is 379 g/mol. The summed E-state index contributed by atoms with van der Waals surface area (Å²) in [4.78, 5) is 45.3. The summed E-state index contributed by atoms with van der Waals surface area (Å²) in [7, 11) is 0. The lowest BCUT2D eigenvalue weighted by Gasteiger charge is -2.16. The van der Waals surface area contributed by atoms with Crippen molar-refractivity contribution < 1.29 is 24.0 Å². The Hall–Kier alpha value is -3.17. The molecule has 10 nitrogen and oxygen atoms in total. The molecule has 0 aliphatic heterocycles. The summed E-state index contributed by atoms with van der Waals surface area (Å²) in [5.74, 6) is -2.06. The highest BCUT2D eigenvalue weighted by atomic mass is 16.6. The molecular weight excluding hydrogens is 358 g/mol. The molecule has 1 heterocycles. The van der Waals surface area contributed by atoms with Crippen LogP contribution in [0.2, 0.25) is 0 Å². The molecule has 0 radical (unpaired) electrons. The molecular formula is C17H21N3O7. The van der Waals surface area contributed by atoms with Crippen molar-refractivity contribution in [1.82, 2.24) is 9.88 Å². The fourth-order valence-electron chi connectivity index (χ4n) is 2.74. The number of nitro groups is 1. The standard InChI is InChI=1S/C17H21N3O7/c1-10(2)8-12(16(22)23)18-15(21)4-3-7-19-13-6-5-11(20(25)26)9-14(13)27-17(19)24/h5-6,9-10,12H,3-4,7-8H2,1-2H3,(H,18,21)(H,22,23). The molecule has 146 valence electrons. The molecule has 0 saturated heterocycles. The summed E-state index contributed by atoms with van der Waals surface area (Å²) in [6.07, 6.45) is 0.644. The molecule has 0 bridgehead atoms. The molecule has 2 N–H and O–H groups in total. The van der Waals surface area contributed by atoms with Crippen molar-refractivity contribution in [3.8, 4) is 0 Å². The minimum absolute atomic E-state index is 0.0357. The van der Waals surface area contributed by atoms with Crippen molar-refractivity contribution in [2.75, 3.05) is 0 Å². The molecule has 10 heteroatoms. The predicted molar refractivity (Wildman–Crippen MR) is 95.4 cm³/mol. The Morgan fingerprint density at radius 3 is 2.67 bits per heavy atom. The first kappa shape index (κ1) is 20.1. The van der Waals surface area contributed by atoms with Gasteiger partial charge in [0.15, 0.2) is 5.58 Å². The number of nitrogens with zero attached hydrogens (tertiary/aromatic N) is 2. The number of non-ortho nitro benzene ring substituents is 1. The van der Waals surface area contributed by atoms with Gasteiger partial charge in [-0.15, -0.1) is 0 Å². The minimum Gasteiger partial charge on any atom is -0.480 e. The first-order valence-corrected chi connectivity index (χ1v) is 8.49. The van der Waals surface area contributed by atoms with E-state index >= 15 is 0 Å². The second kappa shape index (κ2) is 8.47. The van der Waals surface area contributed by atoms with Crippen molar-refractivity contribution in [2.24, 2.45) is 5.92 Å². The molecule has 0 aliphatic carbocycles. The van der Waals surface area contributed by atoms with Crippen LogP contribution in [-0.4, -0.2) is 32.5 Å². The quantitative estimate of drug-likeness (QED) is 0.500. The van der Waals surface area contributed by atoms with Crippen LogP contribution in [0.15, 0.2) is 27.4 Å². The number of carbonyl (C=O) groups excluding carboxylic acids is 1. The lowest BCUT2D eigenvalue weighted by atomic mass is 10.0. The maximum absolute atomic E-state index is 12.0. The fraction of sp³-hybridized carbons (Fsp3) is 0.471. The Balaban J connectivity index is 1.99. The van der Waals surface area contributed by atoms with Crippen molar-refractivity contribution in [2.45, 2.75) is 45.7 Å². The largest absolute Gasteiger partial charge is 0.480 e. The van der Waals surface area contributed by atoms with Crippen LogP contribution >= 0.6 is 0 Å². The predicted octanol–water partition coefficient (Wildman–Crippen LogP) is 1.90. The van der Waals surface area contributed by atoms with Gasteiger partial charge in [-0.05, 0) is 24.8 Å². The number of carbonyl (C=O) groups is 2. The molecule has 2 aromatic rings. The Morgan fingerprint density at radius 2 is 2.07 bits per heavy atom. The van der Waals surface area contributed by atoms with Gasteiger partial charge >= 0.3 is 11.7 Å². The average molecular weight is 379 g/mol. The number of nitro benzene ring substituents is 1. The van der Waals surface area contributed by atoms with Gasteiger partial charge in [-0.3, -0.25) is 19.5 Å². The lowest BCUT2D eigenvalue weighted by molar-refractivity contribution is -0.384. The summed E-state index contributed by atoms with van der Waals surface area (Å²) in [6.45, 7) is 3.89. The summed E-state index contributed by atoms with van der Waals surface area (Å²) in [5.41, 5.74) is 0.309. The normalized spacial score (nSPS) is 12.3. The van der Waals surface area contributed by atoms with E-state index in [0.717, 1.165) is 0 Å². The zero-order chi connectivity index (χ0) is 20.1. The first-order chi connectivity index (χ1) is 12.7. The van der Waals surface area contributed by atoms with Crippen molar-refractivity contribution in [3.05, 3.63) is 38.9 Å². The molecule has 1 amide bonds. The number of hydrogen-bond donors (Lipinski definition) is 2. The van der Waals surface area contributed by atoms with Crippen LogP contribution in [0.1, 0.15) is 33.1 Å². The summed E-state index contributed by atoms with van der Waals surface area (Å²) >= 11 is 0. The van der Waals surface area contributed by atoms with Crippen LogP contribution in [-0.2, 0) is 16.1 Å². The number of rotatable bonds is 9. The Morgan fingerprint density at radius 1 is 1.37 bits per heavy atom. The van der Waals surface area contributed by atoms with Crippen molar-refractivity contribution >= 4 is 28.7 Å². The van der Waals surface area contributed by atoms with Crippen LogP contribution in [0.5, 0.6) is 0 Å². The SMILES string of the molecule is CC(C)CC(NC(=O)CCCn1c(=O)oc2cc([N+](=O)[O-])ccc21)C(=O)O. The highest BCUT2D eigenvalue weighted by molar-refractivity contribution is 5.83. The lowest BCUT2D eigenvalue weighted by Crippen LogP contribution is -2.41. The summed E-state index contributed by atoms with van der Waals surface area (Å²) in [5, 5.41) is 22.4. The maximum atomic E-state index is 12.0. The summed E-state index contributed by atoms with van der Waals surface area (Å²) < 4.78 is 6.30. The van der Waals surface area contributed by atoms with E-state index in [1.165, 1.54) is 22.8 Å². The van der Waals surface area contributed by atoms with Crippen LogP contribution in [0.4, 0.5) is 5.69 Å². The highest BCUT2D eigenvalue weighted by Gasteiger charge is 2.21. The summed E-state index contributed by atoms with van der Waals surface area (Å²) in [6, 6.07) is 2.91. The third kappa shape index (κ3) is 5.16. The van der Waals surface area contributed by atoms with Gasteiger partial charge in [0.2, 0.25) is 5.91 Å². The van der Waals surface area contributed by atoms with E-state index < -0.39 is 28.6 Å². The smallest absolute Gasteiger partial charge is 0.419 e. The number of carboxylic acids is 1. The molecule has 0 spiro atoms. The Bertz CT molecular complexity index is 913. The van der Waals surface area contributed by atoms with Gasteiger partial charge in [0.05, 0.1) is 16.5 Å². The number of carboxylic acid groups (broad SMARTS) is 1. The maximum Gasteiger partial charge on any atom is 0.419 e. The third-order valence-corrected chi connectivity index (χ3v) is 3.99. The van der Waals surface area contributed by atoms with Gasteiger partial charge in [-0.25, -0.2) is 9.59 Å². The van der Waals surface area contributed by atoms with Crippen molar-refractivity contribution in [1.29, 1.82) is 0 Å². The van der Waals surface area contributed by atoms with Gasteiger partial charge in [-0.2, -0.15) is 0 Å². The van der Waals surface area contributed by atoms with E-state index in [1.54, 1.807) is 0 Å². The zero-order valence-corrected chi connectivity index (χ0v) is 15.0. The number of nitrogens with one attached hydrogen (secondary N) is 1. The van der Waals surface area contributed by atoms with E-state index in [9.17, 15) is 24.5 Å². The van der Waals surface area contributed by atoms with Gasteiger partial charge in [-0.1, -0.05) is 13.8 Å². The number of aryl methyl sites for hydroxylation is 1. The van der Waals surface area contributed by atoms with E-state index in [2.05, 4.69) is 5.32 Å². The van der Waals surface area contributed by atoms with Gasteiger partial charge in [0, 0.05) is 19.0 Å². The molecule has 1 aromatic carbocycles. The van der Waals surface area contributed by atoms with Gasteiger partial charge in [0.1, 0.15) is 6.04 Å². The van der Waals surface area contributed by atoms with E-state index in [1.807, 2.05) is 13.8 Å². The zero-order valence-electron chi connectivity index (χ0n) is 15.0. The van der Waals surface area contributed by atoms with E-state index in [4.69, 9.17) is 9.52 Å². The molecule has 0 aliphatic rings. The first-order valence-electron chi connectivity index (χ1n) is 8.49. The second-order valence-corrected chi connectivity index (χ2v) is 6.62. The number of hydrogen-bond acceptors (Lipinski definition) is 6. The minimum atomic E-state index is -1.09. The highest BCUT2D eigenvalue weighted by Crippen LogP contribution is 2.20. The van der Waals surface area contributed by atoms with Crippen LogP contribution in [0.3, 0.4) is 0 Å². The molecule has 0 fully saturated rings. The van der Waals surface area contributed by atoms with Crippen LogP contribution < -0.4 is 11.1 Å². The molecule has 1 atom stereocenters. The van der Waals surface area contributed by atoms with Crippen LogP contribution in [0.25, 0.3) is 11.1 Å². The topological polar surface area (TPSA) is 145 Å². The second-order valence-electron chi connectivity index (χ2n) is 6.62. The molecule has 0 saturated carbocycles. The fourth-order valence-corrected chi connectivity index (χ4v) is 2.74. The van der Waals surface area contributed by atoms with Crippen LogP contribution in [0, 0.1) is 16.0 Å². The van der Waals surface area contributed by atoms with Gasteiger partial charge < -0.3 is 14.8 Å². The third-order valence-electron chi connectivity index (χ3n) is 3.99. The number of oxazole rings is 1. The number of aromatic nitrogens is 1. The number of aliphatic carboxylic acids is 1. The average Bonchev–Trinajstić information content (AvgIpc) is 2.88. The van der Waals surface area contributed by atoms with E-state index in [-0.39, 0.29) is 36.6 Å². The van der Waals surface area contributed by atoms with E-state index in [0.29, 0.717) is 11.9 Å². The Kier molecular flexibility index (Phi) is 6.32. The molecule has 1 aromatic heterocycles. The molecule has 2 rings (SSSR count). The number of amides is 1. The van der Waals surface area contributed by atoms with Crippen molar-refractivity contribution in [3.63, 3.8) is 0 Å². The number of fused-ring (bicyclic) bond motifs is 1. The Labute approximate surface area is 153 Å². The van der Waals surface area contributed by atoms with Gasteiger partial charge in [0.25, 0.3) is 5.69 Å².